The fourth-order valence-electron chi connectivity index (χ4n) is 4.89. The summed E-state index contributed by atoms with van der Waals surface area (Å²) in [6.45, 7) is 10.4. The highest BCUT2D eigenvalue weighted by Crippen LogP contribution is 2.31. The number of aromatic nitrogens is 2. The number of para-hydroxylation sites is 1. The molecule has 0 radical (unpaired) electrons. The van der Waals surface area contributed by atoms with E-state index in [1.807, 2.05) is 43.3 Å². The van der Waals surface area contributed by atoms with Crippen molar-refractivity contribution in [3.8, 4) is 0 Å². The Morgan fingerprint density at radius 3 is 2.62 bits per heavy atom. The minimum absolute atomic E-state index is 0.210. The molecule has 0 N–H and O–H groups in total. The molecule has 188 valence electrons. The molecule has 5 rings (SSSR count). The predicted molar refractivity (Wildman–Crippen MR) is 149 cm³/mol. The first-order valence-corrected chi connectivity index (χ1v) is 13.2. The number of halogens is 1. The predicted octanol–water partition coefficient (Wildman–Crippen LogP) is 4.90. The second-order valence-corrected chi connectivity index (χ2v) is 10.2. The van der Waals surface area contributed by atoms with E-state index in [0.29, 0.717) is 32.2 Å². The molecule has 0 saturated heterocycles. The van der Waals surface area contributed by atoms with Crippen LogP contribution in [0.1, 0.15) is 36.7 Å². The number of esters is 1. The fourth-order valence-corrected chi connectivity index (χ4v) is 6.04. The van der Waals surface area contributed by atoms with Crippen molar-refractivity contribution in [3.63, 3.8) is 0 Å². The molecule has 6 nitrogen and oxygen atoms in total. The molecular weight excluding hydrogens is 506 g/mol. The monoisotopic (exact) mass is 531 g/mol. The van der Waals surface area contributed by atoms with Gasteiger partial charge in [-0.15, -0.1) is 6.58 Å². The lowest BCUT2D eigenvalue weighted by atomic mass is 9.96. The van der Waals surface area contributed by atoms with E-state index in [1.54, 1.807) is 30.5 Å². The lowest BCUT2D eigenvalue weighted by Gasteiger charge is -2.24. The van der Waals surface area contributed by atoms with E-state index in [-0.39, 0.29) is 12.2 Å². The number of ether oxygens (including phenoxy) is 1. The molecule has 1 aliphatic rings. The summed E-state index contributed by atoms with van der Waals surface area (Å²) in [6.07, 6.45) is 3.80. The zero-order valence-electron chi connectivity index (χ0n) is 20.8. The van der Waals surface area contributed by atoms with Crippen LogP contribution in [-0.4, -0.2) is 21.7 Å². The average Bonchev–Trinajstić information content (AvgIpc) is 3.33. The highest BCUT2D eigenvalue weighted by Gasteiger charge is 2.33. The number of carbonyl (C=O) groups excluding carboxylic acids is 1. The van der Waals surface area contributed by atoms with Crippen molar-refractivity contribution in [2.24, 2.45) is 4.99 Å². The highest BCUT2D eigenvalue weighted by molar-refractivity contribution is 7.07. The molecule has 1 aliphatic heterocycles. The second-order valence-electron chi connectivity index (χ2n) is 8.77. The average molecular weight is 532 g/mol. The molecule has 8 heteroatoms. The zero-order valence-corrected chi connectivity index (χ0v) is 22.4. The Kier molecular flexibility index (Phi) is 6.75. The van der Waals surface area contributed by atoms with Crippen molar-refractivity contribution < 1.29 is 9.53 Å². The van der Waals surface area contributed by atoms with E-state index in [2.05, 4.69) is 28.3 Å². The number of hydrogen-bond donors (Lipinski definition) is 0. The maximum Gasteiger partial charge on any atom is 0.338 e. The molecule has 37 heavy (non-hydrogen) atoms. The van der Waals surface area contributed by atoms with Gasteiger partial charge in [0.25, 0.3) is 5.56 Å². The third kappa shape index (κ3) is 4.28. The van der Waals surface area contributed by atoms with Gasteiger partial charge in [0.15, 0.2) is 4.80 Å². The van der Waals surface area contributed by atoms with Crippen LogP contribution in [0.3, 0.4) is 0 Å². The van der Waals surface area contributed by atoms with Crippen LogP contribution in [0, 0.1) is 6.92 Å². The molecule has 0 saturated carbocycles. The van der Waals surface area contributed by atoms with Gasteiger partial charge in [0.2, 0.25) is 0 Å². The highest BCUT2D eigenvalue weighted by atomic mass is 35.5. The molecule has 0 bridgehead atoms. The van der Waals surface area contributed by atoms with Crippen molar-refractivity contribution >= 4 is 45.9 Å². The lowest BCUT2D eigenvalue weighted by Crippen LogP contribution is -2.39. The van der Waals surface area contributed by atoms with E-state index in [1.165, 1.54) is 11.3 Å². The molecule has 1 atom stereocenters. The van der Waals surface area contributed by atoms with E-state index in [4.69, 9.17) is 16.3 Å². The first kappa shape index (κ1) is 25.0. The minimum atomic E-state index is -0.669. The van der Waals surface area contributed by atoms with Gasteiger partial charge in [-0.1, -0.05) is 59.3 Å². The van der Waals surface area contributed by atoms with E-state index >= 15 is 0 Å². The Balaban J connectivity index is 1.77. The third-order valence-corrected chi connectivity index (χ3v) is 7.80. The SMILES string of the molecule is C=CCn1c(C)c(/C=c2\sc3n(c2=O)[C@@H](c2ccc(Cl)cc2)C(C(=O)OCC)=C(C)N=3)c2ccccc21. The van der Waals surface area contributed by atoms with E-state index in [9.17, 15) is 9.59 Å². The van der Waals surface area contributed by atoms with E-state index < -0.39 is 12.0 Å². The molecule has 3 heterocycles. The number of hydrogen-bond acceptors (Lipinski definition) is 5. The first-order valence-electron chi connectivity index (χ1n) is 12.0. The van der Waals surface area contributed by atoms with Crippen LogP contribution in [0.15, 0.2) is 82.2 Å². The van der Waals surface area contributed by atoms with E-state index in [0.717, 1.165) is 27.7 Å². The molecule has 0 spiro atoms. The first-order chi connectivity index (χ1) is 17.8. The number of thiazole rings is 1. The number of rotatable bonds is 6. The normalized spacial score (nSPS) is 15.6. The Labute approximate surface area is 223 Å². The topological polar surface area (TPSA) is 65.6 Å². The number of fused-ring (bicyclic) bond motifs is 2. The second kappa shape index (κ2) is 10.00. The zero-order chi connectivity index (χ0) is 26.3. The molecule has 0 amide bonds. The number of nitrogens with zero attached hydrogens (tertiary/aromatic N) is 3. The summed E-state index contributed by atoms with van der Waals surface area (Å²) in [5, 5.41) is 1.63. The van der Waals surface area contributed by atoms with Gasteiger partial charge in [0, 0.05) is 33.7 Å². The van der Waals surface area contributed by atoms with Gasteiger partial charge in [-0.25, -0.2) is 9.79 Å². The summed E-state index contributed by atoms with van der Waals surface area (Å²) in [5.41, 5.74) is 4.54. The minimum Gasteiger partial charge on any atom is -0.463 e. The van der Waals surface area contributed by atoms with Gasteiger partial charge in [-0.3, -0.25) is 9.36 Å². The van der Waals surface area contributed by atoms with Crippen molar-refractivity contribution in [1.29, 1.82) is 0 Å². The Bertz CT molecular complexity index is 1760. The van der Waals surface area contributed by atoms with Gasteiger partial charge < -0.3 is 9.30 Å². The molecule has 0 fully saturated rings. The standard InChI is InChI=1S/C29H26ClN3O3S/c1-5-15-32-18(4)22(21-9-7-8-10-23(21)32)16-24-27(34)33-26(19-11-13-20(30)14-12-19)25(28(35)36-6-2)17(3)31-29(33)37-24/h5,7-14,16,26H,1,6,15H2,2-4H3/b24-16-/t26-/m0/s1. The molecule has 0 aliphatic carbocycles. The summed E-state index contributed by atoms with van der Waals surface area (Å²) >= 11 is 7.45. The van der Waals surface area contributed by atoms with Crippen LogP contribution in [-0.2, 0) is 16.1 Å². The molecule has 2 aromatic heterocycles. The van der Waals surface area contributed by atoms with Crippen molar-refractivity contribution in [3.05, 3.63) is 114 Å². The van der Waals surface area contributed by atoms with Gasteiger partial charge in [0.05, 0.1) is 28.5 Å². The van der Waals surface area contributed by atoms with Crippen LogP contribution >= 0.6 is 22.9 Å². The largest absolute Gasteiger partial charge is 0.463 e. The van der Waals surface area contributed by atoms with Gasteiger partial charge in [-0.2, -0.15) is 0 Å². The van der Waals surface area contributed by atoms with Crippen LogP contribution in [0.2, 0.25) is 5.02 Å². The summed E-state index contributed by atoms with van der Waals surface area (Å²) in [4.78, 5) is 32.2. The number of carbonyl (C=O) groups is 1. The molecule has 4 aromatic rings. The summed E-state index contributed by atoms with van der Waals surface area (Å²) in [6, 6.07) is 14.6. The van der Waals surface area contributed by atoms with Crippen LogP contribution in [0.4, 0.5) is 0 Å². The van der Waals surface area contributed by atoms with Gasteiger partial charge >= 0.3 is 5.97 Å². The fraction of sp³-hybridized carbons (Fsp3) is 0.207. The summed E-state index contributed by atoms with van der Waals surface area (Å²) < 4.78 is 9.68. The number of benzene rings is 2. The molecular formula is C29H26ClN3O3S. The summed E-state index contributed by atoms with van der Waals surface area (Å²) in [7, 11) is 0. The lowest BCUT2D eigenvalue weighted by molar-refractivity contribution is -0.139. The number of allylic oxidation sites excluding steroid dienone is 2. The Morgan fingerprint density at radius 1 is 1.19 bits per heavy atom. The Hall–Kier alpha value is -3.68. The van der Waals surface area contributed by atoms with Crippen molar-refractivity contribution in [2.45, 2.75) is 33.4 Å². The quantitative estimate of drug-likeness (QED) is 0.262. The molecule has 0 unspecified atom stereocenters. The van der Waals surface area contributed by atoms with Gasteiger partial charge in [0.1, 0.15) is 0 Å². The summed E-state index contributed by atoms with van der Waals surface area (Å²) in [5.74, 6) is -0.485. The molecule has 2 aromatic carbocycles. The maximum atomic E-state index is 13.9. The maximum absolute atomic E-state index is 13.9. The third-order valence-electron chi connectivity index (χ3n) is 6.57. The smallest absolute Gasteiger partial charge is 0.338 e. The van der Waals surface area contributed by atoms with Crippen LogP contribution in [0.25, 0.3) is 17.0 Å². The van der Waals surface area contributed by atoms with Crippen LogP contribution in [0.5, 0.6) is 0 Å². The van der Waals surface area contributed by atoms with Crippen molar-refractivity contribution in [1.82, 2.24) is 9.13 Å². The van der Waals surface area contributed by atoms with Crippen molar-refractivity contribution in [2.75, 3.05) is 6.61 Å². The van der Waals surface area contributed by atoms with Gasteiger partial charge in [-0.05, 0) is 50.6 Å². The van der Waals surface area contributed by atoms with Crippen LogP contribution < -0.4 is 14.9 Å². The Morgan fingerprint density at radius 2 is 1.92 bits per heavy atom.